The quantitative estimate of drug-likeness (QED) is 0.237. The molecule has 1 unspecified atom stereocenters. The van der Waals surface area contributed by atoms with Crippen LogP contribution in [0.2, 0.25) is 0 Å². The third-order valence-electron chi connectivity index (χ3n) is 10.1. The molecule has 3 aliphatic rings. The van der Waals surface area contributed by atoms with Gasteiger partial charge in [0.05, 0.1) is 5.69 Å². The number of nitrogens with one attached hydrogen (secondary N) is 4. The minimum atomic E-state index is -0.773. The largest absolute Gasteiger partial charge is 0.339 e. The van der Waals surface area contributed by atoms with E-state index in [4.69, 9.17) is 0 Å². The second kappa shape index (κ2) is 13.6. The Hall–Kier alpha value is -3.60. The van der Waals surface area contributed by atoms with Crippen molar-refractivity contribution < 1.29 is 14.0 Å². The molecule has 0 aromatic carbocycles. The number of rotatable bonds is 10. The van der Waals surface area contributed by atoms with Crippen LogP contribution in [0.4, 0.5) is 10.2 Å². The zero-order valence-electron chi connectivity index (χ0n) is 25.9. The van der Waals surface area contributed by atoms with Crippen molar-refractivity contribution in [2.24, 2.45) is 23.7 Å². The SMILES string of the molecule is Cc1n[nH]c(C)c1-c1ccc(NC(=O)C(NC(=O)c2ccnn2CC2CNC2)C(C2CCCCC2)C2CCCCC2)nc1F. The van der Waals surface area contributed by atoms with Crippen molar-refractivity contribution in [1.29, 1.82) is 0 Å². The monoisotopic (exact) mass is 604 g/mol. The second-order valence-electron chi connectivity index (χ2n) is 13.1. The van der Waals surface area contributed by atoms with Crippen LogP contribution in [0.1, 0.15) is 86.1 Å². The number of amides is 2. The summed E-state index contributed by atoms with van der Waals surface area (Å²) in [6.45, 7) is 6.11. The third-order valence-corrected chi connectivity index (χ3v) is 10.1. The highest BCUT2D eigenvalue weighted by molar-refractivity contribution is 6.00. The van der Waals surface area contributed by atoms with Gasteiger partial charge in [0.2, 0.25) is 11.9 Å². The lowest BCUT2D eigenvalue weighted by atomic mass is 9.66. The van der Waals surface area contributed by atoms with Crippen LogP contribution in [-0.4, -0.2) is 55.9 Å². The van der Waals surface area contributed by atoms with Crippen LogP contribution in [0.25, 0.3) is 11.1 Å². The minimum Gasteiger partial charge on any atom is -0.339 e. The molecule has 2 amide bonds. The number of carbonyl (C=O) groups is 2. The first-order chi connectivity index (χ1) is 21.4. The molecule has 0 radical (unpaired) electrons. The molecule has 4 heterocycles. The average Bonchev–Trinajstić information content (AvgIpc) is 3.61. The number of carbonyl (C=O) groups excluding carboxylic acids is 2. The zero-order valence-corrected chi connectivity index (χ0v) is 25.9. The van der Waals surface area contributed by atoms with Crippen LogP contribution < -0.4 is 16.0 Å². The molecule has 11 heteroatoms. The van der Waals surface area contributed by atoms with Crippen molar-refractivity contribution in [2.75, 3.05) is 18.4 Å². The number of halogens is 1. The molecule has 2 saturated carbocycles. The zero-order chi connectivity index (χ0) is 30.6. The molecule has 236 valence electrons. The van der Waals surface area contributed by atoms with E-state index in [-0.39, 0.29) is 23.6 Å². The normalized spacial score (nSPS) is 19.1. The molecule has 2 aliphatic carbocycles. The van der Waals surface area contributed by atoms with E-state index in [2.05, 4.69) is 36.2 Å². The first-order valence-electron chi connectivity index (χ1n) is 16.4. The number of anilines is 1. The van der Waals surface area contributed by atoms with Crippen LogP contribution in [0.5, 0.6) is 0 Å². The maximum Gasteiger partial charge on any atom is 0.270 e. The van der Waals surface area contributed by atoms with Gasteiger partial charge in [-0.25, -0.2) is 4.98 Å². The first-order valence-corrected chi connectivity index (χ1v) is 16.4. The smallest absolute Gasteiger partial charge is 0.270 e. The topological polar surface area (TPSA) is 130 Å². The van der Waals surface area contributed by atoms with Gasteiger partial charge in [0.1, 0.15) is 17.6 Å². The van der Waals surface area contributed by atoms with E-state index in [0.29, 0.717) is 46.8 Å². The molecule has 1 atom stereocenters. The summed E-state index contributed by atoms with van der Waals surface area (Å²) in [4.78, 5) is 32.3. The van der Waals surface area contributed by atoms with Crippen LogP contribution in [0, 0.1) is 43.5 Å². The van der Waals surface area contributed by atoms with Gasteiger partial charge >= 0.3 is 0 Å². The predicted octanol–water partition coefficient (Wildman–Crippen LogP) is 5.16. The Balaban J connectivity index is 1.29. The van der Waals surface area contributed by atoms with E-state index >= 15 is 4.39 Å². The molecule has 44 heavy (non-hydrogen) atoms. The summed E-state index contributed by atoms with van der Waals surface area (Å²) in [6, 6.07) is 4.20. The lowest BCUT2D eigenvalue weighted by Gasteiger charge is -2.42. The van der Waals surface area contributed by atoms with Crippen molar-refractivity contribution >= 4 is 17.6 Å². The summed E-state index contributed by atoms with van der Waals surface area (Å²) < 4.78 is 17.1. The van der Waals surface area contributed by atoms with Gasteiger partial charge in [-0.2, -0.15) is 14.6 Å². The third kappa shape index (κ3) is 6.57. The van der Waals surface area contributed by atoms with Gasteiger partial charge in [-0.3, -0.25) is 19.4 Å². The summed E-state index contributed by atoms with van der Waals surface area (Å²) in [5.74, 6) is -0.0928. The van der Waals surface area contributed by atoms with E-state index in [0.717, 1.165) is 70.2 Å². The van der Waals surface area contributed by atoms with Gasteiger partial charge in [0.25, 0.3) is 5.91 Å². The molecule has 4 N–H and O–H groups in total. The fourth-order valence-electron chi connectivity index (χ4n) is 7.75. The van der Waals surface area contributed by atoms with Crippen molar-refractivity contribution in [2.45, 2.75) is 90.6 Å². The number of hydrogen-bond donors (Lipinski definition) is 4. The second-order valence-corrected chi connectivity index (χ2v) is 13.1. The predicted molar refractivity (Wildman–Crippen MR) is 166 cm³/mol. The molecule has 6 rings (SSSR count). The Morgan fingerprint density at radius 3 is 2.25 bits per heavy atom. The van der Waals surface area contributed by atoms with Gasteiger partial charge in [-0.1, -0.05) is 64.2 Å². The molecule has 3 fully saturated rings. The highest BCUT2D eigenvalue weighted by Gasteiger charge is 2.41. The molecule has 3 aromatic heterocycles. The number of H-pyrrole nitrogens is 1. The fraction of sp³-hybridized carbons (Fsp3) is 0.606. The average molecular weight is 605 g/mol. The molecule has 10 nitrogen and oxygen atoms in total. The van der Waals surface area contributed by atoms with E-state index in [1.165, 1.54) is 12.8 Å². The number of hydrogen-bond acceptors (Lipinski definition) is 6. The van der Waals surface area contributed by atoms with Crippen molar-refractivity contribution in [3.8, 4) is 11.1 Å². The maximum absolute atomic E-state index is 15.4. The lowest BCUT2D eigenvalue weighted by Crippen LogP contribution is -2.53. The first kappa shape index (κ1) is 30.4. The Labute approximate surface area is 258 Å². The van der Waals surface area contributed by atoms with Crippen LogP contribution in [0.3, 0.4) is 0 Å². The van der Waals surface area contributed by atoms with Crippen molar-refractivity contribution in [3.63, 3.8) is 0 Å². The van der Waals surface area contributed by atoms with Crippen molar-refractivity contribution in [1.82, 2.24) is 35.6 Å². The van der Waals surface area contributed by atoms with Crippen LogP contribution in [0.15, 0.2) is 24.4 Å². The number of nitrogens with zero attached hydrogens (tertiary/aromatic N) is 4. The van der Waals surface area contributed by atoms with E-state index in [1.807, 2.05) is 13.8 Å². The molecule has 0 bridgehead atoms. The standard InChI is InChI=1S/C33H45FN8O2/c1-20-28(21(2)41-40-20)25-13-14-27(37-31(25)34)38-33(44)30(29(23-9-5-3-6-10-23)24-11-7-4-8-12-24)39-32(43)26-15-16-36-42(26)19-22-17-35-18-22/h13-16,22-24,29-30,35H,3-12,17-19H2,1-2H3,(H,39,43)(H,40,41)(H,37,38,44). The minimum absolute atomic E-state index is 0.00731. The molecule has 1 aliphatic heterocycles. The van der Waals surface area contributed by atoms with Gasteiger partial charge < -0.3 is 16.0 Å². The van der Waals surface area contributed by atoms with Crippen LogP contribution >= 0.6 is 0 Å². The summed E-state index contributed by atoms with van der Waals surface area (Å²) in [6.07, 6.45) is 12.8. The molecular weight excluding hydrogens is 559 g/mol. The van der Waals surface area contributed by atoms with Gasteiger partial charge in [0, 0.05) is 48.6 Å². The number of pyridine rings is 1. The summed E-state index contributed by atoms with van der Waals surface area (Å²) >= 11 is 0. The summed E-state index contributed by atoms with van der Waals surface area (Å²) in [5, 5.41) is 20.8. The van der Waals surface area contributed by atoms with E-state index in [1.54, 1.807) is 29.1 Å². The van der Waals surface area contributed by atoms with Gasteiger partial charge in [-0.15, -0.1) is 0 Å². The van der Waals surface area contributed by atoms with E-state index in [9.17, 15) is 9.59 Å². The number of aromatic amines is 1. The Morgan fingerprint density at radius 1 is 1.00 bits per heavy atom. The number of aromatic nitrogens is 5. The Morgan fingerprint density at radius 2 is 1.68 bits per heavy atom. The van der Waals surface area contributed by atoms with Crippen molar-refractivity contribution in [3.05, 3.63) is 47.4 Å². The number of aryl methyl sites for hydroxylation is 2. The molecule has 1 saturated heterocycles. The molecular formula is C33H45FN8O2. The summed E-state index contributed by atoms with van der Waals surface area (Å²) in [5.41, 5.74) is 2.88. The fourth-order valence-corrected chi connectivity index (χ4v) is 7.75. The summed E-state index contributed by atoms with van der Waals surface area (Å²) in [7, 11) is 0. The Kier molecular flexibility index (Phi) is 9.39. The van der Waals surface area contributed by atoms with Gasteiger partial charge in [0.15, 0.2) is 0 Å². The van der Waals surface area contributed by atoms with Crippen LogP contribution in [-0.2, 0) is 11.3 Å². The molecule has 0 spiro atoms. The molecule has 3 aromatic rings. The van der Waals surface area contributed by atoms with E-state index < -0.39 is 12.0 Å². The highest BCUT2D eigenvalue weighted by Crippen LogP contribution is 2.42. The van der Waals surface area contributed by atoms with Gasteiger partial charge in [-0.05, 0) is 49.8 Å². The Bertz CT molecular complexity index is 1410. The highest BCUT2D eigenvalue weighted by atomic mass is 19.1. The maximum atomic E-state index is 15.4. The lowest BCUT2D eigenvalue weighted by molar-refractivity contribution is -0.121.